The van der Waals surface area contributed by atoms with Crippen molar-refractivity contribution in [2.75, 3.05) is 5.43 Å². The van der Waals surface area contributed by atoms with Gasteiger partial charge in [-0.15, -0.1) is 0 Å². The van der Waals surface area contributed by atoms with E-state index in [1.54, 1.807) is 24.3 Å². The molecule has 0 aliphatic rings. The molecule has 0 bridgehead atoms. The lowest BCUT2D eigenvalue weighted by Crippen LogP contribution is -2.34. The molecule has 1 amide bonds. The number of hydrogen-bond acceptors (Lipinski definition) is 5. The van der Waals surface area contributed by atoms with Crippen LogP contribution in [0.15, 0.2) is 29.1 Å². The summed E-state index contributed by atoms with van der Waals surface area (Å²) >= 11 is 0. The molecule has 104 valence electrons. The molecule has 0 saturated heterocycles. The number of aliphatic carboxylic acids is 1. The number of nitrogen functional groups attached to an aromatic ring is 1. The minimum atomic E-state index is -1.21. The van der Waals surface area contributed by atoms with Crippen molar-refractivity contribution in [3.8, 4) is 0 Å². The summed E-state index contributed by atoms with van der Waals surface area (Å²) in [6.45, 7) is -0.579. The van der Waals surface area contributed by atoms with Gasteiger partial charge in [0.2, 0.25) is 0 Å². The molecule has 0 radical (unpaired) electrons. The molecule has 8 nitrogen and oxygen atoms in total. The number of hydrogen-bond donors (Lipinski definition) is 4. The number of rotatable bonds is 4. The van der Waals surface area contributed by atoms with E-state index in [1.807, 2.05) is 0 Å². The van der Waals surface area contributed by atoms with Crippen molar-refractivity contribution in [1.82, 2.24) is 4.57 Å². The zero-order valence-electron chi connectivity index (χ0n) is 10.3. The highest BCUT2D eigenvalue weighted by atomic mass is 16.4. The smallest absolute Gasteiger partial charge is 0.323 e. The number of benzene rings is 1. The van der Waals surface area contributed by atoms with Gasteiger partial charge < -0.3 is 16.3 Å². The molecule has 0 aliphatic carbocycles. The highest BCUT2D eigenvalue weighted by molar-refractivity contribution is 6.06. The topological polar surface area (TPSA) is 140 Å². The van der Waals surface area contributed by atoms with Gasteiger partial charge in [0, 0.05) is 5.39 Å². The Morgan fingerprint density at radius 2 is 1.95 bits per heavy atom. The van der Waals surface area contributed by atoms with E-state index in [9.17, 15) is 14.4 Å². The van der Waals surface area contributed by atoms with Gasteiger partial charge in [0.15, 0.2) is 0 Å². The van der Waals surface area contributed by atoms with Crippen molar-refractivity contribution in [1.29, 1.82) is 0 Å². The first-order valence-corrected chi connectivity index (χ1v) is 5.61. The maximum absolute atomic E-state index is 12.2. The number of fused-ring (bicyclic) bond motifs is 1. The number of carbonyl (C=O) groups excluding carboxylic acids is 1. The standard InChI is InChI=1S/C12H12N4O4/c13-11(19)9-10(15-14)6-3-1-2-4-7(6)16(12(9)20)5-8(17)18/h1-4,15H,5,14H2,(H2,13,19)(H,17,18). The summed E-state index contributed by atoms with van der Waals surface area (Å²) in [4.78, 5) is 34.6. The molecule has 1 heterocycles. The Labute approximate surface area is 112 Å². The second-order valence-electron chi connectivity index (χ2n) is 4.06. The van der Waals surface area contributed by atoms with E-state index < -0.39 is 24.0 Å². The summed E-state index contributed by atoms with van der Waals surface area (Å²) in [5.41, 5.74) is 6.73. The lowest BCUT2D eigenvalue weighted by molar-refractivity contribution is -0.137. The maximum Gasteiger partial charge on any atom is 0.323 e. The second kappa shape index (κ2) is 5.02. The molecule has 0 fully saturated rings. The Kier molecular flexibility index (Phi) is 3.40. The van der Waals surface area contributed by atoms with Crippen molar-refractivity contribution < 1.29 is 14.7 Å². The predicted molar refractivity (Wildman–Crippen MR) is 72.2 cm³/mol. The number of carboxylic acid groups (broad SMARTS) is 1. The zero-order chi connectivity index (χ0) is 14.9. The number of primary amides is 1. The molecule has 0 spiro atoms. The van der Waals surface area contributed by atoms with Crippen LogP contribution in [-0.4, -0.2) is 21.6 Å². The number of pyridine rings is 1. The monoisotopic (exact) mass is 276 g/mol. The van der Waals surface area contributed by atoms with Gasteiger partial charge in [-0.05, 0) is 6.07 Å². The molecule has 2 aromatic rings. The van der Waals surface area contributed by atoms with Gasteiger partial charge in [0.1, 0.15) is 12.1 Å². The molecule has 6 N–H and O–H groups in total. The molecule has 8 heteroatoms. The summed E-state index contributed by atoms with van der Waals surface area (Å²) in [5, 5.41) is 9.33. The molecule has 0 atom stereocenters. The summed E-state index contributed by atoms with van der Waals surface area (Å²) in [6.07, 6.45) is 0. The fraction of sp³-hybridized carbons (Fsp3) is 0.0833. The minimum absolute atomic E-state index is 0.0831. The van der Waals surface area contributed by atoms with Crippen molar-refractivity contribution in [2.45, 2.75) is 6.54 Å². The van der Waals surface area contributed by atoms with E-state index in [0.717, 1.165) is 4.57 Å². The zero-order valence-corrected chi connectivity index (χ0v) is 10.3. The number of carbonyl (C=O) groups is 2. The fourth-order valence-electron chi connectivity index (χ4n) is 2.08. The first-order chi connectivity index (χ1) is 9.47. The van der Waals surface area contributed by atoms with Gasteiger partial charge in [0.05, 0.1) is 11.2 Å². The van der Waals surface area contributed by atoms with Crippen LogP contribution in [-0.2, 0) is 11.3 Å². The predicted octanol–water partition coefficient (Wildman–Crippen LogP) is -0.529. The van der Waals surface area contributed by atoms with Gasteiger partial charge in [-0.1, -0.05) is 18.2 Å². The van der Waals surface area contributed by atoms with Crippen LogP contribution in [0.1, 0.15) is 10.4 Å². The van der Waals surface area contributed by atoms with Gasteiger partial charge in [0.25, 0.3) is 11.5 Å². The normalized spacial score (nSPS) is 10.4. The van der Waals surface area contributed by atoms with E-state index in [4.69, 9.17) is 16.7 Å². The number of amides is 1. The van der Waals surface area contributed by atoms with Crippen molar-refractivity contribution in [2.24, 2.45) is 11.6 Å². The second-order valence-corrected chi connectivity index (χ2v) is 4.06. The summed E-state index contributed by atoms with van der Waals surface area (Å²) in [7, 11) is 0. The van der Waals surface area contributed by atoms with Crippen LogP contribution in [0, 0.1) is 0 Å². The van der Waals surface area contributed by atoms with Gasteiger partial charge >= 0.3 is 5.97 Å². The first kappa shape index (κ1) is 13.6. The Morgan fingerprint density at radius 1 is 1.30 bits per heavy atom. The third-order valence-electron chi connectivity index (χ3n) is 2.86. The number of aromatic nitrogens is 1. The summed E-state index contributed by atoms with van der Waals surface area (Å²) in [6, 6.07) is 6.48. The third-order valence-corrected chi connectivity index (χ3v) is 2.86. The van der Waals surface area contributed by atoms with Crippen molar-refractivity contribution >= 4 is 28.5 Å². The maximum atomic E-state index is 12.2. The van der Waals surface area contributed by atoms with Gasteiger partial charge in [-0.2, -0.15) is 0 Å². The SMILES string of the molecule is NNc1c(C(N)=O)c(=O)n(CC(=O)O)c2ccccc12. The van der Waals surface area contributed by atoms with Crippen LogP contribution >= 0.6 is 0 Å². The number of nitrogens with one attached hydrogen (secondary N) is 1. The Hall–Kier alpha value is -2.87. The fourth-order valence-corrected chi connectivity index (χ4v) is 2.08. The minimum Gasteiger partial charge on any atom is -0.480 e. The number of para-hydroxylation sites is 1. The van der Waals surface area contributed by atoms with Crippen LogP contribution in [0.2, 0.25) is 0 Å². The summed E-state index contributed by atoms with van der Waals surface area (Å²) < 4.78 is 0.971. The molecule has 0 aliphatic heterocycles. The molecule has 0 saturated carbocycles. The van der Waals surface area contributed by atoms with E-state index >= 15 is 0 Å². The van der Waals surface area contributed by atoms with Crippen LogP contribution < -0.4 is 22.6 Å². The third kappa shape index (κ3) is 2.08. The Bertz CT molecular complexity index is 766. The molecular formula is C12H12N4O4. The number of nitrogens with zero attached hydrogens (tertiary/aromatic N) is 1. The van der Waals surface area contributed by atoms with Crippen molar-refractivity contribution in [3.05, 3.63) is 40.2 Å². The largest absolute Gasteiger partial charge is 0.480 e. The Balaban J connectivity index is 2.98. The lowest BCUT2D eigenvalue weighted by atomic mass is 10.1. The molecule has 0 unspecified atom stereocenters. The molecular weight excluding hydrogens is 264 g/mol. The average Bonchev–Trinajstić information content (AvgIpc) is 2.40. The van der Waals surface area contributed by atoms with E-state index in [0.29, 0.717) is 10.9 Å². The van der Waals surface area contributed by atoms with Crippen LogP contribution in [0.4, 0.5) is 5.69 Å². The van der Waals surface area contributed by atoms with Crippen LogP contribution in [0.5, 0.6) is 0 Å². The molecule has 1 aromatic heterocycles. The highest BCUT2D eigenvalue weighted by Gasteiger charge is 2.20. The first-order valence-electron chi connectivity index (χ1n) is 5.61. The van der Waals surface area contributed by atoms with E-state index in [2.05, 4.69) is 5.43 Å². The number of nitrogens with two attached hydrogens (primary N) is 2. The Morgan fingerprint density at radius 3 is 2.50 bits per heavy atom. The highest BCUT2D eigenvalue weighted by Crippen LogP contribution is 2.24. The van der Waals surface area contributed by atoms with Crippen LogP contribution in [0.3, 0.4) is 0 Å². The average molecular weight is 276 g/mol. The van der Waals surface area contributed by atoms with E-state index in [1.165, 1.54) is 0 Å². The number of carboxylic acids is 1. The van der Waals surface area contributed by atoms with Crippen molar-refractivity contribution in [3.63, 3.8) is 0 Å². The van der Waals surface area contributed by atoms with E-state index in [-0.39, 0.29) is 11.3 Å². The lowest BCUT2D eigenvalue weighted by Gasteiger charge is -2.14. The molecule has 2 rings (SSSR count). The van der Waals surface area contributed by atoms with Crippen LogP contribution in [0.25, 0.3) is 10.9 Å². The number of anilines is 1. The summed E-state index contributed by atoms with van der Waals surface area (Å²) in [5.74, 6) is 3.17. The van der Waals surface area contributed by atoms with Gasteiger partial charge in [-0.3, -0.25) is 24.8 Å². The van der Waals surface area contributed by atoms with Gasteiger partial charge in [-0.25, -0.2) is 0 Å². The molecule has 1 aromatic carbocycles. The quantitative estimate of drug-likeness (QED) is 0.437. The molecule has 20 heavy (non-hydrogen) atoms. The number of hydrazine groups is 1.